The number of nitrogens with one attached hydrogen (secondary N) is 1. The van der Waals surface area contributed by atoms with Gasteiger partial charge in [0.1, 0.15) is 5.65 Å². The van der Waals surface area contributed by atoms with Gasteiger partial charge in [-0.1, -0.05) is 12.1 Å². The summed E-state index contributed by atoms with van der Waals surface area (Å²) >= 11 is 0. The third kappa shape index (κ3) is 2.73. The monoisotopic (exact) mass is 266 g/mol. The van der Waals surface area contributed by atoms with E-state index in [0.717, 1.165) is 11.4 Å². The van der Waals surface area contributed by atoms with E-state index in [9.17, 15) is 4.79 Å². The minimum Gasteiger partial charge on any atom is -0.305 e. The molecule has 20 heavy (non-hydrogen) atoms. The normalized spacial score (nSPS) is 10.8. The summed E-state index contributed by atoms with van der Waals surface area (Å²) in [6.07, 6.45) is 3.48. The Morgan fingerprint density at radius 2 is 1.90 bits per heavy atom. The fourth-order valence-electron chi connectivity index (χ4n) is 2.01. The van der Waals surface area contributed by atoms with E-state index in [1.54, 1.807) is 18.5 Å². The van der Waals surface area contributed by atoms with Crippen LogP contribution >= 0.6 is 0 Å². The molecular weight excluding hydrogens is 252 g/mol. The van der Waals surface area contributed by atoms with Gasteiger partial charge in [0.05, 0.1) is 11.4 Å². The molecule has 3 heterocycles. The van der Waals surface area contributed by atoms with Crippen molar-refractivity contribution in [2.45, 2.75) is 13.1 Å². The van der Waals surface area contributed by atoms with Crippen LogP contribution in [0.3, 0.4) is 0 Å². The zero-order valence-corrected chi connectivity index (χ0v) is 10.9. The minimum absolute atomic E-state index is 0.0646. The van der Waals surface area contributed by atoms with Gasteiger partial charge in [0.2, 0.25) is 0 Å². The summed E-state index contributed by atoms with van der Waals surface area (Å²) in [5, 5.41) is 3.24. The fourth-order valence-corrected chi connectivity index (χ4v) is 2.01. The van der Waals surface area contributed by atoms with Crippen LogP contribution in [-0.2, 0) is 13.1 Å². The number of rotatable bonds is 4. The molecule has 1 N–H and O–H groups in total. The maximum atomic E-state index is 11.9. The molecule has 0 bridgehead atoms. The van der Waals surface area contributed by atoms with Crippen LogP contribution < -0.4 is 10.9 Å². The molecule has 0 spiro atoms. The van der Waals surface area contributed by atoms with E-state index < -0.39 is 0 Å². The second-order valence-corrected chi connectivity index (χ2v) is 4.44. The van der Waals surface area contributed by atoms with Gasteiger partial charge >= 0.3 is 0 Å². The molecule has 0 saturated carbocycles. The zero-order valence-electron chi connectivity index (χ0n) is 10.9. The predicted molar refractivity (Wildman–Crippen MR) is 76.2 cm³/mol. The maximum Gasteiger partial charge on any atom is 0.258 e. The summed E-state index contributed by atoms with van der Waals surface area (Å²) in [6.45, 7) is 1.19. The Labute approximate surface area is 115 Å². The van der Waals surface area contributed by atoms with Crippen LogP contribution in [0.2, 0.25) is 0 Å². The van der Waals surface area contributed by atoms with Crippen LogP contribution in [-0.4, -0.2) is 14.4 Å². The number of nitrogens with zero attached hydrogens (tertiary/aromatic N) is 3. The van der Waals surface area contributed by atoms with E-state index in [4.69, 9.17) is 0 Å². The summed E-state index contributed by atoms with van der Waals surface area (Å²) in [6, 6.07) is 12.8. The lowest BCUT2D eigenvalue weighted by Gasteiger charge is -2.05. The van der Waals surface area contributed by atoms with Crippen molar-refractivity contribution in [3.63, 3.8) is 0 Å². The third-order valence-corrected chi connectivity index (χ3v) is 2.96. The highest BCUT2D eigenvalue weighted by Crippen LogP contribution is 1.99. The highest BCUT2D eigenvalue weighted by atomic mass is 16.1. The molecule has 0 aliphatic rings. The second-order valence-electron chi connectivity index (χ2n) is 4.44. The highest BCUT2D eigenvalue weighted by Gasteiger charge is 2.01. The maximum absolute atomic E-state index is 11.9. The molecule has 100 valence electrons. The summed E-state index contributed by atoms with van der Waals surface area (Å²) in [5.41, 5.74) is 2.29. The summed E-state index contributed by atoms with van der Waals surface area (Å²) in [4.78, 5) is 20.6. The van der Waals surface area contributed by atoms with Crippen molar-refractivity contribution in [1.82, 2.24) is 19.7 Å². The smallest absolute Gasteiger partial charge is 0.258 e. The van der Waals surface area contributed by atoms with Gasteiger partial charge in [-0.2, -0.15) is 0 Å². The Morgan fingerprint density at radius 1 is 1.05 bits per heavy atom. The van der Waals surface area contributed by atoms with Gasteiger partial charge in [-0.05, 0) is 24.3 Å². The van der Waals surface area contributed by atoms with Crippen LogP contribution in [0.15, 0.2) is 59.7 Å². The topological polar surface area (TPSA) is 59.3 Å². The number of fused-ring (bicyclic) bond motifs is 1. The first-order chi connectivity index (χ1) is 9.83. The SMILES string of the molecule is O=c1cc(CNCc2ccccn2)nc2ccccn12. The Kier molecular flexibility index (Phi) is 3.52. The quantitative estimate of drug-likeness (QED) is 0.775. The summed E-state index contributed by atoms with van der Waals surface area (Å²) in [5.74, 6) is 0. The van der Waals surface area contributed by atoms with Gasteiger partial charge in [0, 0.05) is 31.5 Å². The van der Waals surface area contributed by atoms with Crippen molar-refractivity contribution in [2.24, 2.45) is 0 Å². The molecule has 5 heteroatoms. The molecule has 0 amide bonds. The van der Waals surface area contributed by atoms with E-state index in [0.29, 0.717) is 18.7 Å². The molecule has 0 aliphatic heterocycles. The summed E-state index contributed by atoms with van der Waals surface area (Å²) < 4.78 is 1.53. The molecule has 5 nitrogen and oxygen atoms in total. The number of hydrogen-bond acceptors (Lipinski definition) is 4. The first-order valence-corrected chi connectivity index (χ1v) is 6.41. The average Bonchev–Trinajstić information content (AvgIpc) is 2.48. The lowest BCUT2D eigenvalue weighted by atomic mass is 10.3. The average molecular weight is 266 g/mol. The zero-order chi connectivity index (χ0) is 13.8. The van der Waals surface area contributed by atoms with Crippen LogP contribution in [0.5, 0.6) is 0 Å². The van der Waals surface area contributed by atoms with E-state index in [1.165, 1.54) is 4.40 Å². The molecule has 0 aromatic carbocycles. The Morgan fingerprint density at radius 3 is 2.75 bits per heavy atom. The lowest BCUT2D eigenvalue weighted by molar-refractivity contribution is 0.666. The standard InChI is InChI=1S/C15H14N4O/c20-15-9-13(18-14-6-2-4-8-19(14)15)11-16-10-12-5-1-3-7-17-12/h1-9,16H,10-11H2. The van der Waals surface area contributed by atoms with Crippen molar-refractivity contribution in [1.29, 1.82) is 0 Å². The van der Waals surface area contributed by atoms with Crippen molar-refractivity contribution in [2.75, 3.05) is 0 Å². The van der Waals surface area contributed by atoms with E-state index in [2.05, 4.69) is 15.3 Å². The van der Waals surface area contributed by atoms with Crippen LogP contribution in [0, 0.1) is 0 Å². The molecule has 3 aromatic heterocycles. The predicted octanol–water partition coefficient (Wildman–Crippen LogP) is 1.38. The van der Waals surface area contributed by atoms with Gasteiger partial charge in [-0.25, -0.2) is 4.98 Å². The molecule has 0 atom stereocenters. The van der Waals surface area contributed by atoms with E-state index >= 15 is 0 Å². The van der Waals surface area contributed by atoms with Gasteiger partial charge in [-0.15, -0.1) is 0 Å². The van der Waals surface area contributed by atoms with Gasteiger partial charge in [-0.3, -0.25) is 14.2 Å². The third-order valence-electron chi connectivity index (χ3n) is 2.96. The van der Waals surface area contributed by atoms with Crippen molar-refractivity contribution in [3.8, 4) is 0 Å². The Hall–Kier alpha value is -2.53. The van der Waals surface area contributed by atoms with Crippen molar-refractivity contribution >= 4 is 5.65 Å². The van der Waals surface area contributed by atoms with Crippen molar-refractivity contribution < 1.29 is 0 Å². The number of hydrogen-bond donors (Lipinski definition) is 1. The Bertz CT molecular complexity index is 767. The minimum atomic E-state index is -0.0646. The van der Waals surface area contributed by atoms with E-state index in [1.807, 2.05) is 36.4 Å². The van der Waals surface area contributed by atoms with Crippen molar-refractivity contribution in [3.05, 3.63) is 76.6 Å². The molecule has 0 saturated heterocycles. The summed E-state index contributed by atoms with van der Waals surface area (Å²) in [7, 11) is 0. The highest BCUT2D eigenvalue weighted by molar-refractivity contribution is 5.37. The molecule has 0 fully saturated rings. The molecule has 0 unspecified atom stereocenters. The molecule has 3 aromatic rings. The largest absolute Gasteiger partial charge is 0.305 e. The second kappa shape index (κ2) is 5.63. The van der Waals surface area contributed by atoms with Gasteiger partial charge in [0.15, 0.2) is 0 Å². The Balaban J connectivity index is 1.73. The molecule has 3 rings (SSSR count). The van der Waals surface area contributed by atoms with Crippen LogP contribution in [0.4, 0.5) is 0 Å². The molecule has 0 aliphatic carbocycles. The van der Waals surface area contributed by atoms with E-state index in [-0.39, 0.29) is 5.56 Å². The van der Waals surface area contributed by atoms with Crippen LogP contribution in [0.25, 0.3) is 5.65 Å². The lowest BCUT2D eigenvalue weighted by Crippen LogP contribution is -2.19. The van der Waals surface area contributed by atoms with Crippen LogP contribution in [0.1, 0.15) is 11.4 Å². The number of pyridine rings is 2. The molecule has 0 radical (unpaired) electrons. The van der Waals surface area contributed by atoms with Gasteiger partial charge in [0.25, 0.3) is 5.56 Å². The first-order valence-electron chi connectivity index (χ1n) is 6.41. The first kappa shape index (κ1) is 12.5. The fraction of sp³-hybridized carbons (Fsp3) is 0.133. The molecular formula is C15H14N4O. The number of aromatic nitrogens is 3. The van der Waals surface area contributed by atoms with Gasteiger partial charge < -0.3 is 5.32 Å².